The molecule has 0 bridgehead atoms. The summed E-state index contributed by atoms with van der Waals surface area (Å²) in [6.45, 7) is 4.45. The van der Waals surface area contributed by atoms with Gasteiger partial charge in [0, 0.05) is 12.4 Å². The zero-order valence-corrected chi connectivity index (χ0v) is 13.1. The summed E-state index contributed by atoms with van der Waals surface area (Å²) in [6, 6.07) is 9.63. The monoisotopic (exact) mass is 303 g/mol. The first-order chi connectivity index (χ1) is 8.85. The maximum Gasteiger partial charge on any atom is 0.211 e. The predicted octanol–water partition coefficient (Wildman–Crippen LogP) is 2.80. The molecule has 108 valence electrons. The SMILES string of the molecule is CC(C)(CCCl)CNS(=O)(=O)CCc1ccccc1. The number of rotatable bonds is 8. The van der Waals surface area contributed by atoms with Gasteiger partial charge in [0.2, 0.25) is 10.0 Å². The first-order valence-electron chi connectivity index (χ1n) is 6.42. The number of sulfonamides is 1. The minimum absolute atomic E-state index is 0.110. The predicted molar refractivity (Wildman–Crippen MR) is 81.1 cm³/mol. The van der Waals surface area contributed by atoms with Crippen molar-refractivity contribution in [3.8, 4) is 0 Å². The average molecular weight is 304 g/mol. The summed E-state index contributed by atoms with van der Waals surface area (Å²) in [7, 11) is -3.22. The molecular weight excluding hydrogens is 282 g/mol. The minimum Gasteiger partial charge on any atom is -0.215 e. The summed E-state index contributed by atoms with van der Waals surface area (Å²) in [6.07, 6.45) is 1.32. The van der Waals surface area contributed by atoms with Gasteiger partial charge in [-0.2, -0.15) is 0 Å². The van der Waals surface area contributed by atoms with Crippen LogP contribution in [0.1, 0.15) is 25.8 Å². The molecule has 1 N–H and O–H groups in total. The molecule has 0 heterocycles. The third-order valence-electron chi connectivity index (χ3n) is 3.04. The van der Waals surface area contributed by atoms with Crippen LogP contribution in [0.3, 0.4) is 0 Å². The van der Waals surface area contributed by atoms with Gasteiger partial charge in [-0.15, -0.1) is 11.6 Å². The van der Waals surface area contributed by atoms with Gasteiger partial charge in [0.05, 0.1) is 5.75 Å². The number of benzene rings is 1. The first-order valence-corrected chi connectivity index (χ1v) is 8.61. The minimum atomic E-state index is -3.22. The van der Waals surface area contributed by atoms with E-state index >= 15 is 0 Å². The summed E-state index contributed by atoms with van der Waals surface area (Å²) >= 11 is 5.70. The number of aryl methyl sites for hydroxylation is 1. The van der Waals surface area contributed by atoms with Gasteiger partial charge < -0.3 is 0 Å². The van der Waals surface area contributed by atoms with Gasteiger partial charge in [0.15, 0.2) is 0 Å². The normalized spacial score (nSPS) is 12.6. The molecular formula is C14H22ClNO2S. The molecule has 5 heteroatoms. The molecule has 0 fully saturated rings. The van der Waals surface area contributed by atoms with Crippen LogP contribution in [-0.2, 0) is 16.4 Å². The highest BCUT2D eigenvalue weighted by atomic mass is 35.5. The Hall–Kier alpha value is -0.580. The van der Waals surface area contributed by atoms with Gasteiger partial charge in [-0.25, -0.2) is 13.1 Å². The molecule has 0 aliphatic rings. The Balaban J connectivity index is 2.44. The number of halogens is 1. The van der Waals surface area contributed by atoms with Crippen LogP contribution in [0.4, 0.5) is 0 Å². The van der Waals surface area contributed by atoms with Crippen molar-refractivity contribution in [3.05, 3.63) is 35.9 Å². The standard InChI is InChI=1S/C14H22ClNO2S/c1-14(2,9-10-15)12-16-19(17,18)11-8-13-6-4-3-5-7-13/h3-7,16H,8-12H2,1-2H3. The smallest absolute Gasteiger partial charge is 0.211 e. The van der Waals surface area contributed by atoms with Crippen LogP contribution in [-0.4, -0.2) is 26.6 Å². The van der Waals surface area contributed by atoms with Crippen molar-refractivity contribution in [2.45, 2.75) is 26.7 Å². The van der Waals surface area contributed by atoms with Gasteiger partial charge in [-0.3, -0.25) is 0 Å². The lowest BCUT2D eigenvalue weighted by Crippen LogP contribution is -2.36. The van der Waals surface area contributed by atoms with E-state index in [9.17, 15) is 8.42 Å². The van der Waals surface area contributed by atoms with Gasteiger partial charge in [-0.1, -0.05) is 44.2 Å². The highest BCUT2D eigenvalue weighted by Crippen LogP contribution is 2.19. The Morgan fingerprint density at radius 2 is 1.84 bits per heavy atom. The fourth-order valence-electron chi connectivity index (χ4n) is 1.62. The van der Waals surface area contributed by atoms with Crippen molar-refractivity contribution in [3.63, 3.8) is 0 Å². The molecule has 0 unspecified atom stereocenters. The van der Waals surface area contributed by atoms with E-state index in [0.717, 1.165) is 12.0 Å². The Kier molecular flexibility index (Phi) is 6.30. The lowest BCUT2D eigenvalue weighted by atomic mass is 9.91. The van der Waals surface area contributed by atoms with Gasteiger partial charge in [-0.05, 0) is 23.8 Å². The quantitative estimate of drug-likeness (QED) is 0.751. The second-order valence-corrected chi connectivity index (χ2v) is 7.78. The van der Waals surface area contributed by atoms with Crippen LogP contribution >= 0.6 is 11.6 Å². The topological polar surface area (TPSA) is 46.2 Å². The first kappa shape index (κ1) is 16.5. The Morgan fingerprint density at radius 1 is 1.21 bits per heavy atom. The largest absolute Gasteiger partial charge is 0.215 e. The second-order valence-electron chi connectivity index (χ2n) is 5.48. The van der Waals surface area contributed by atoms with E-state index in [4.69, 9.17) is 11.6 Å². The van der Waals surface area contributed by atoms with E-state index in [-0.39, 0.29) is 11.2 Å². The highest BCUT2D eigenvalue weighted by Gasteiger charge is 2.20. The van der Waals surface area contributed by atoms with E-state index in [1.807, 2.05) is 44.2 Å². The summed E-state index contributed by atoms with van der Waals surface area (Å²) in [5.74, 6) is 0.659. The van der Waals surface area contributed by atoms with Crippen LogP contribution in [0.2, 0.25) is 0 Å². The maximum absolute atomic E-state index is 11.9. The zero-order valence-electron chi connectivity index (χ0n) is 11.5. The molecule has 1 aromatic carbocycles. The maximum atomic E-state index is 11.9. The molecule has 1 rings (SSSR count). The van der Waals surface area contributed by atoms with Gasteiger partial charge in [0.25, 0.3) is 0 Å². The lowest BCUT2D eigenvalue weighted by molar-refractivity contribution is 0.352. The molecule has 19 heavy (non-hydrogen) atoms. The molecule has 0 spiro atoms. The Morgan fingerprint density at radius 3 is 2.42 bits per heavy atom. The van der Waals surface area contributed by atoms with Crippen LogP contribution < -0.4 is 4.72 Å². The third-order valence-corrected chi connectivity index (χ3v) is 4.56. The van der Waals surface area contributed by atoms with Crippen molar-refractivity contribution in [1.29, 1.82) is 0 Å². The van der Waals surface area contributed by atoms with Crippen LogP contribution in [0.5, 0.6) is 0 Å². The van der Waals surface area contributed by atoms with Crippen LogP contribution in [0, 0.1) is 5.41 Å². The second kappa shape index (κ2) is 7.27. The highest BCUT2D eigenvalue weighted by molar-refractivity contribution is 7.89. The van der Waals surface area contributed by atoms with Crippen molar-refractivity contribution in [2.75, 3.05) is 18.2 Å². The molecule has 0 saturated carbocycles. The zero-order chi connectivity index (χ0) is 14.4. The van der Waals surface area contributed by atoms with Crippen LogP contribution in [0.25, 0.3) is 0 Å². The summed E-state index contributed by atoms with van der Waals surface area (Å²) < 4.78 is 26.5. The molecule has 0 amide bonds. The molecule has 3 nitrogen and oxygen atoms in total. The molecule has 0 atom stereocenters. The molecule has 0 aliphatic carbocycles. The van der Waals surface area contributed by atoms with Crippen LogP contribution in [0.15, 0.2) is 30.3 Å². The van der Waals surface area contributed by atoms with Gasteiger partial charge >= 0.3 is 0 Å². The lowest BCUT2D eigenvalue weighted by Gasteiger charge is -2.23. The van der Waals surface area contributed by atoms with E-state index in [1.54, 1.807) is 0 Å². The Labute approximate surface area is 121 Å². The number of hydrogen-bond acceptors (Lipinski definition) is 2. The molecule has 0 saturated heterocycles. The fourth-order valence-corrected chi connectivity index (χ4v) is 3.39. The van der Waals surface area contributed by atoms with Crippen molar-refractivity contribution in [1.82, 2.24) is 4.72 Å². The number of alkyl halides is 1. The van der Waals surface area contributed by atoms with E-state index in [1.165, 1.54) is 0 Å². The molecule has 0 radical (unpaired) electrons. The van der Waals surface area contributed by atoms with E-state index < -0.39 is 10.0 Å². The van der Waals surface area contributed by atoms with Gasteiger partial charge in [0.1, 0.15) is 0 Å². The molecule has 0 aliphatic heterocycles. The van der Waals surface area contributed by atoms with Crippen molar-refractivity contribution < 1.29 is 8.42 Å². The summed E-state index contributed by atoms with van der Waals surface area (Å²) in [5, 5.41) is 0. The average Bonchev–Trinajstić information content (AvgIpc) is 2.36. The number of hydrogen-bond donors (Lipinski definition) is 1. The van der Waals surface area contributed by atoms with Crippen molar-refractivity contribution in [2.24, 2.45) is 5.41 Å². The van der Waals surface area contributed by atoms with E-state index in [0.29, 0.717) is 18.8 Å². The van der Waals surface area contributed by atoms with E-state index in [2.05, 4.69) is 4.72 Å². The summed E-state index contributed by atoms with van der Waals surface area (Å²) in [4.78, 5) is 0. The molecule has 0 aromatic heterocycles. The van der Waals surface area contributed by atoms with Crippen molar-refractivity contribution >= 4 is 21.6 Å². The number of nitrogens with one attached hydrogen (secondary N) is 1. The summed E-state index contributed by atoms with van der Waals surface area (Å²) in [5.41, 5.74) is 0.926. The fraction of sp³-hybridized carbons (Fsp3) is 0.571. The molecule has 1 aromatic rings. The third kappa shape index (κ3) is 6.95. The Bertz CT molecular complexity index is 471.